The molecule has 0 saturated carbocycles. The maximum absolute atomic E-state index is 14.9. The molecule has 2 aromatic carbocycles. The topological polar surface area (TPSA) is 110 Å². The number of halogens is 3. The largest absolute Gasteiger partial charge is 0.365 e. The number of aryl methyl sites for hydroxylation is 2. The van der Waals surface area contributed by atoms with Crippen LogP contribution in [0.4, 0.5) is 24.8 Å². The zero-order valence-electron chi connectivity index (χ0n) is 26.5. The van der Waals surface area contributed by atoms with Gasteiger partial charge in [0.1, 0.15) is 47.2 Å². The second kappa shape index (κ2) is 11.3. The quantitative estimate of drug-likeness (QED) is 0.262. The van der Waals surface area contributed by atoms with Crippen molar-refractivity contribution in [2.75, 3.05) is 23.3 Å². The van der Waals surface area contributed by atoms with Crippen molar-refractivity contribution >= 4 is 39.6 Å². The van der Waals surface area contributed by atoms with Crippen molar-refractivity contribution in [1.82, 2.24) is 39.2 Å². The predicted molar refractivity (Wildman–Crippen MR) is 177 cm³/mol. The molecule has 9 rings (SSSR count). The molecule has 0 aliphatic carbocycles. The number of pyridine rings is 1. The first kappa shape index (κ1) is 29.6. The summed E-state index contributed by atoms with van der Waals surface area (Å²) < 4.78 is 46.9. The van der Waals surface area contributed by atoms with E-state index in [0.717, 1.165) is 30.2 Å². The molecule has 2 saturated heterocycles. The highest BCUT2D eigenvalue weighted by Gasteiger charge is 2.43. The molecule has 1 N–H and O–H groups in total. The molecule has 0 spiro atoms. The van der Waals surface area contributed by atoms with Crippen LogP contribution >= 0.6 is 0 Å². The van der Waals surface area contributed by atoms with Gasteiger partial charge in [-0.25, -0.2) is 37.8 Å². The Bertz CT molecular complexity index is 2290. The van der Waals surface area contributed by atoms with Gasteiger partial charge >= 0.3 is 0 Å². The summed E-state index contributed by atoms with van der Waals surface area (Å²) in [7, 11) is 0. The second-order valence-corrected chi connectivity index (χ2v) is 13.0. The first-order valence-electron chi connectivity index (χ1n) is 16.4. The van der Waals surface area contributed by atoms with Crippen molar-refractivity contribution < 1.29 is 18.0 Å². The molecule has 0 unspecified atom stereocenters. The zero-order valence-corrected chi connectivity index (χ0v) is 26.5. The van der Waals surface area contributed by atoms with E-state index in [4.69, 9.17) is 9.97 Å². The number of hydrogen-bond acceptors (Lipinski definition) is 8. The monoisotopic (exact) mass is 664 g/mol. The van der Waals surface area contributed by atoms with E-state index >= 15 is 0 Å². The molecule has 1 amide bonds. The summed E-state index contributed by atoms with van der Waals surface area (Å²) in [5.41, 5.74) is 3.07. The van der Waals surface area contributed by atoms with E-state index in [1.807, 2.05) is 34.9 Å². The van der Waals surface area contributed by atoms with Crippen molar-refractivity contribution in [3.8, 4) is 16.9 Å². The molecule has 2 fully saturated rings. The Hall–Kier alpha value is -5.53. The van der Waals surface area contributed by atoms with E-state index < -0.39 is 17.7 Å². The van der Waals surface area contributed by atoms with Gasteiger partial charge in [-0.2, -0.15) is 5.10 Å². The maximum atomic E-state index is 14.9. The lowest BCUT2D eigenvalue weighted by Gasteiger charge is -2.32. The molecule has 49 heavy (non-hydrogen) atoms. The standard InChI is InChI=1S/C35H31F3N10O/c1-19-42-28-14-21(37)12-24-27-5-2-6-31(44-27)43-22-15-30(35(49)46-10-3-4-23(46)9-11-45(19)32(24)28)47(17-22)33-25-16-41-48(34(25)40-18-39-33)29-8-7-20(36)13-26(29)38/h2,5-8,12-14,16,18,22-23,30H,3-4,9-11,15,17H2,1H3,(H,43,44)/t22-,23+,30-/m0/s1. The fraction of sp³-hybridized carbons (Fsp3) is 0.314. The van der Waals surface area contributed by atoms with Gasteiger partial charge < -0.3 is 19.7 Å². The average molecular weight is 665 g/mol. The number of anilines is 2. The Morgan fingerprint density at radius 3 is 2.71 bits per heavy atom. The Balaban J connectivity index is 1.15. The van der Waals surface area contributed by atoms with Gasteiger partial charge in [-0.15, -0.1) is 0 Å². The molecule has 4 aromatic heterocycles. The molecule has 11 nitrogen and oxygen atoms in total. The number of nitrogens with zero attached hydrogens (tertiary/aromatic N) is 9. The van der Waals surface area contributed by atoms with Crippen LogP contribution in [0.1, 0.15) is 31.5 Å². The van der Waals surface area contributed by atoms with Crippen LogP contribution in [-0.4, -0.2) is 76.3 Å². The average Bonchev–Trinajstić information content (AvgIpc) is 3.88. The minimum Gasteiger partial charge on any atom is -0.365 e. The van der Waals surface area contributed by atoms with Crippen LogP contribution in [0.3, 0.4) is 0 Å². The van der Waals surface area contributed by atoms with E-state index in [-0.39, 0.29) is 29.5 Å². The molecular weight excluding hydrogens is 633 g/mol. The number of carbonyl (C=O) groups excluding carboxylic acids is 1. The maximum Gasteiger partial charge on any atom is 0.245 e. The lowest BCUT2D eigenvalue weighted by Crippen LogP contribution is -2.48. The van der Waals surface area contributed by atoms with Crippen molar-refractivity contribution in [3.05, 3.63) is 84.3 Å². The Morgan fingerprint density at radius 1 is 0.939 bits per heavy atom. The molecular formula is C35H31F3N10O. The number of nitrogens with one attached hydrogen (secondary N) is 1. The lowest BCUT2D eigenvalue weighted by atomic mass is 10.1. The fourth-order valence-electron chi connectivity index (χ4n) is 7.89. The third kappa shape index (κ3) is 4.87. The van der Waals surface area contributed by atoms with E-state index in [2.05, 4.69) is 25.0 Å². The molecule has 14 heteroatoms. The SMILES string of the molecule is Cc1nc2cc(F)cc3c2n1CC[C@H]1CCCN1C(=O)[C@@H]1C[C@@H](CN1c1ncnc2c1cnn2-c1ccc(F)cc1F)Nc1cccc-3n1. The normalized spacial score (nSPS) is 20.8. The smallest absolute Gasteiger partial charge is 0.245 e. The van der Waals surface area contributed by atoms with Crippen molar-refractivity contribution in [2.45, 2.75) is 57.3 Å². The van der Waals surface area contributed by atoms with Crippen molar-refractivity contribution in [1.29, 1.82) is 0 Å². The Kier molecular flexibility index (Phi) is 6.81. The molecule has 3 aliphatic rings. The molecule has 3 atom stereocenters. The third-order valence-corrected chi connectivity index (χ3v) is 10.1. The van der Waals surface area contributed by atoms with Crippen LogP contribution in [0.2, 0.25) is 0 Å². The van der Waals surface area contributed by atoms with Crippen LogP contribution in [0, 0.1) is 24.4 Å². The number of rotatable bonds is 2. The molecule has 6 aromatic rings. The zero-order chi connectivity index (χ0) is 33.4. The van der Waals surface area contributed by atoms with Crippen molar-refractivity contribution in [2.24, 2.45) is 0 Å². The Morgan fingerprint density at radius 2 is 1.84 bits per heavy atom. The molecule has 7 heterocycles. The van der Waals surface area contributed by atoms with Gasteiger partial charge in [0.05, 0.1) is 28.3 Å². The van der Waals surface area contributed by atoms with Crippen LogP contribution in [-0.2, 0) is 11.3 Å². The first-order chi connectivity index (χ1) is 23.8. The van der Waals surface area contributed by atoms with E-state index in [0.29, 0.717) is 71.9 Å². The van der Waals surface area contributed by atoms with E-state index in [1.54, 1.807) is 6.20 Å². The van der Waals surface area contributed by atoms with Crippen LogP contribution in [0.5, 0.6) is 0 Å². The van der Waals surface area contributed by atoms with Gasteiger partial charge in [0.2, 0.25) is 5.91 Å². The number of fused-ring (bicyclic) bond motifs is 7. The number of hydrogen-bond donors (Lipinski definition) is 1. The molecule has 248 valence electrons. The predicted octanol–water partition coefficient (Wildman–Crippen LogP) is 5.41. The highest BCUT2D eigenvalue weighted by molar-refractivity contribution is 5.94. The minimum absolute atomic E-state index is 0.0148. The number of amides is 1. The van der Waals surface area contributed by atoms with Gasteiger partial charge in [0.15, 0.2) is 11.5 Å². The van der Waals surface area contributed by atoms with E-state index in [9.17, 15) is 18.0 Å². The van der Waals surface area contributed by atoms with Gasteiger partial charge in [0, 0.05) is 49.4 Å². The summed E-state index contributed by atoms with van der Waals surface area (Å²) in [5.74, 6) is 0.0359. The molecule has 4 bridgehead atoms. The summed E-state index contributed by atoms with van der Waals surface area (Å²) in [6.45, 7) is 3.59. The third-order valence-electron chi connectivity index (χ3n) is 10.1. The van der Waals surface area contributed by atoms with Crippen LogP contribution in [0.15, 0.2) is 61.1 Å². The van der Waals surface area contributed by atoms with Crippen molar-refractivity contribution in [3.63, 3.8) is 0 Å². The van der Waals surface area contributed by atoms with E-state index in [1.165, 1.54) is 35.3 Å². The summed E-state index contributed by atoms with van der Waals surface area (Å²) in [6.07, 6.45) is 5.89. The number of imidazole rings is 1. The lowest BCUT2D eigenvalue weighted by molar-refractivity contribution is -0.133. The summed E-state index contributed by atoms with van der Waals surface area (Å²) >= 11 is 0. The fourth-order valence-corrected chi connectivity index (χ4v) is 7.89. The first-order valence-corrected chi connectivity index (χ1v) is 16.4. The highest BCUT2D eigenvalue weighted by Crippen LogP contribution is 2.36. The van der Waals surface area contributed by atoms with Gasteiger partial charge in [-0.1, -0.05) is 6.07 Å². The van der Waals surface area contributed by atoms with Gasteiger partial charge in [-0.3, -0.25) is 4.79 Å². The summed E-state index contributed by atoms with van der Waals surface area (Å²) in [6, 6.07) is 11.1. The minimum atomic E-state index is -0.774. The molecule has 3 aliphatic heterocycles. The number of aromatic nitrogens is 7. The highest BCUT2D eigenvalue weighted by atomic mass is 19.1. The van der Waals surface area contributed by atoms with Crippen LogP contribution < -0.4 is 10.2 Å². The summed E-state index contributed by atoms with van der Waals surface area (Å²) in [5, 5.41) is 8.47. The molecule has 0 radical (unpaired) electrons. The Labute approximate surface area is 278 Å². The van der Waals surface area contributed by atoms with Gasteiger partial charge in [0.25, 0.3) is 0 Å². The van der Waals surface area contributed by atoms with Crippen LogP contribution in [0.25, 0.3) is 39.0 Å². The number of carbonyl (C=O) groups is 1. The number of benzene rings is 2. The summed E-state index contributed by atoms with van der Waals surface area (Å²) in [4.78, 5) is 37.2. The second-order valence-electron chi connectivity index (χ2n) is 13.0. The van der Waals surface area contributed by atoms with Gasteiger partial charge in [-0.05, 0) is 62.9 Å².